The molecule has 0 spiro atoms. The second-order valence-electron chi connectivity index (χ2n) is 5.94. The fourth-order valence-corrected chi connectivity index (χ4v) is 3.50. The van der Waals surface area contributed by atoms with Gasteiger partial charge >= 0.3 is 0 Å². The van der Waals surface area contributed by atoms with E-state index < -0.39 is 11.0 Å². The van der Waals surface area contributed by atoms with Crippen molar-refractivity contribution in [1.82, 2.24) is 9.97 Å². The number of halogens is 1. The van der Waals surface area contributed by atoms with E-state index in [0.29, 0.717) is 5.69 Å². The van der Waals surface area contributed by atoms with E-state index in [1.807, 2.05) is 26.0 Å². The minimum Gasteiger partial charge on any atom is -0.372 e. The number of hydrogen-bond acceptors (Lipinski definition) is 7. The van der Waals surface area contributed by atoms with E-state index in [4.69, 9.17) is 10.5 Å². The van der Waals surface area contributed by atoms with Gasteiger partial charge in [-0.15, -0.1) is 0 Å². The van der Waals surface area contributed by atoms with Crippen LogP contribution in [0.1, 0.15) is 13.8 Å². The Kier molecular flexibility index (Phi) is 5.26. The molecular formula is C16H20FN5O2S. The lowest BCUT2D eigenvalue weighted by Gasteiger charge is -2.36. The maximum Gasteiger partial charge on any atom is 0.239 e. The highest BCUT2D eigenvalue weighted by atomic mass is 32.1. The first kappa shape index (κ1) is 17.7. The number of nitrogens with one attached hydrogen (secondary N) is 1. The lowest BCUT2D eigenvalue weighted by molar-refractivity contribution is -0.114. The van der Waals surface area contributed by atoms with E-state index in [9.17, 15) is 9.18 Å². The predicted octanol–water partition coefficient (Wildman–Crippen LogP) is 1.85. The number of morpholine rings is 1. The van der Waals surface area contributed by atoms with Crippen molar-refractivity contribution in [3.05, 3.63) is 23.3 Å². The standard InChI is InChI=1S/C16H20FN5O2S/c1-9-7-22(8-10(2)24-9)12-5-3-4-11(19-12)14-15(17)25-16(21-14)20-13(23)6-18/h3-5,9-10H,6-8,18H2,1-2H3,(H,20,21,23). The van der Waals surface area contributed by atoms with Crippen LogP contribution in [0.3, 0.4) is 0 Å². The van der Waals surface area contributed by atoms with Gasteiger partial charge in [0.1, 0.15) is 11.5 Å². The first-order valence-electron chi connectivity index (χ1n) is 8.00. The molecule has 3 rings (SSSR count). The minimum atomic E-state index is -0.499. The van der Waals surface area contributed by atoms with Gasteiger partial charge in [-0.2, -0.15) is 4.39 Å². The highest BCUT2D eigenvalue weighted by Crippen LogP contribution is 2.30. The molecule has 9 heteroatoms. The number of thiazole rings is 1. The molecule has 7 nitrogen and oxygen atoms in total. The zero-order valence-corrected chi connectivity index (χ0v) is 14.8. The fraction of sp³-hybridized carbons (Fsp3) is 0.438. The molecule has 0 bridgehead atoms. The third kappa shape index (κ3) is 4.12. The van der Waals surface area contributed by atoms with Crippen LogP contribution in [-0.4, -0.2) is 47.7 Å². The normalized spacial score (nSPS) is 20.6. The Hall–Kier alpha value is -2.10. The van der Waals surface area contributed by atoms with Crippen molar-refractivity contribution < 1.29 is 13.9 Å². The summed E-state index contributed by atoms with van der Waals surface area (Å²) in [4.78, 5) is 22.1. The number of pyridine rings is 1. The first-order chi connectivity index (χ1) is 12.0. The number of nitrogens with two attached hydrogens (primary N) is 1. The number of amides is 1. The third-order valence-corrected chi connectivity index (χ3v) is 4.50. The quantitative estimate of drug-likeness (QED) is 0.859. The maximum absolute atomic E-state index is 14.2. The average molecular weight is 365 g/mol. The Labute approximate surface area is 149 Å². The number of carbonyl (C=O) groups excluding carboxylic acids is 1. The molecule has 1 amide bonds. The number of hydrogen-bond donors (Lipinski definition) is 2. The number of anilines is 2. The van der Waals surface area contributed by atoms with Crippen LogP contribution in [0.15, 0.2) is 18.2 Å². The molecule has 1 aliphatic heterocycles. The molecule has 0 saturated carbocycles. The van der Waals surface area contributed by atoms with Crippen molar-refractivity contribution in [2.45, 2.75) is 26.1 Å². The molecule has 1 saturated heterocycles. The molecule has 1 fully saturated rings. The summed E-state index contributed by atoms with van der Waals surface area (Å²) in [6.07, 6.45) is 0.201. The van der Waals surface area contributed by atoms with Crippen LogP contribution in [0.2, 0.25) is 0 Å². The lowest BCUT2D eigenvalue weighted by Crippen LogP contribution is -2.45. The molecule has 0 radical (unpaired) electrons. The summed E-state index contributed by atoms with van der Waals surface area (Å²) in [5.41, 5.74) is 5.79. The van der Waals surface area contributed by atoms with Crippen LogP contribution in [0.5, 0.6) is 0 Å². The molecule has 25 heavy (non-hydrogen) atoms. The van der Waals surface area contributed by atoms with Gasteiger partial charge in [0.15, 0.2) is 5.13 Å². The molecular weight excluding hydrogens is 345 g/mol. The number of aromatic nitrogens is 2. The van der Waals surface area contributed by atoms with Crippen molar-refractivity contribution in [1.29, 1.82) is 0 Å². The molecule has 3 N–H and O–H groups in total. The van der Waals surface area contributed by atoms with Gasteiger partial charge in [-0.1, -0.05) is 17.4 Å². The lowest BCUT2D eigenvalue weighted by atomic mass is 10.2. The molecule has 0 aliphatic carbocycles. The Morgan fingerprint density at radius 3 is 2.80 bits per heavy atom. The van der Waals surface area contributed by atoms with E-state index in [-0.39, 0.29) is 29.6 Å². The summed E-state index contributed by atoms with van der Waals surface area (Å²) in [6.45, 7) is 5.28. The van der Waals surface area contributed by atoms with Gasteiger partial charge in [-0.05, 0) is 26.0 Å². The average Bonchev–Trinajstić information content (AvgIpc) is 2.94. The maximum atomic E-state index is 14.2. The van der Waals surface area contributed by atoms with Crippen LogP contribution < -0.4 is 16.0 Å². The Balaban J connectivity index is 1.85. The number of rotatable bonds is 4. The van der Waals surface area contributed by atoms with Crippen molar-refractivity contribution in [3.63, 3.8) is 0 Å². The molecule has 2 unspecified atom stereocenters. The summed E-state index contributed by atoms with van der Waals surface area (Å²) in [7, 11) is 0. The molecule has 2 aromatic rings. The summed E-state index contributed by atoms with van der Waals surface area (Å²) >= 11 is 0.756. The monoisotopic (exact) mass is 365 g/mol. The zero-order chi connectivity index (χ0) is 18.0. The predicted molar refractivity (Wildman–Crippen MR) is 95.2 cm³/mol. The summed E-state index contributed by atoms with van der Waals surface area (Å²) in [6, 6.07) is 5.40. The van der Waals surface area contributed by atoms with Gasteiger partial charge in [0.2, 0.25) is 11.0 Å². The highest BCUT2D eigenvalue weighted by Gasteiger charge is 2.24. The van der Waals surface area contributed by atoms with E-state index in [1.165, 1.54) is 0 Å². The van der Waals surface area contributed by atoms with Crippen LogP contribution >= 0.6 is 11.3 Å². The topological polar surface area (TPSA) is 93.4 Å². The van der Waals surface area contributed by atoms with E-state index in [1.54, 1.807) is 6.07 Å². The SMILES string of the molecule is CC1CN(c2cccc(-c3nc(NC(=O)CN)sc3F)n2)CC(C)O1. The second kappa shape index (κ2) is 7.42. The van der Waals surface area contributed by atoms with Gasteiger partial charge in [0.05, 0.1) is 24.4 Å². The van der Waals surface area contributed by atoms with Gasteiger partial charge in [0, 0.05) is 13.1 Å². The fourth-order valence-electron chi connectivity index (χ4n) is 2.78. The highest BCUT2D eigenvalue weighted by molar-refractivity contribution is 7.14. The summed E-state index contributed by atoms with van der Waals surface area (Å²) in [5.74, 6) is 0.331. The minimum absolute atomic E-state index is 0.100. The third-order valence-electron chi connectivity index (χ3n) is 3.74. The van der Waals surface area contributed by atoms with Crippen molar-refractivity contribution in [3.8, 4) is 11.4 Å². The van der Waals surface area contributed by atoms with E-state index >= 15 is 0 Å². The zero-order valence-electron chi connectivity index (χ0n) is 14.0. The Morgan fingerprint density at radius 2 is 2.12 bits per heavy atom. The molecule has 3 heterocycles. The van der Waals surface area contributed by atoms with Crippen LogP contribution in [0.4, 0.5) is 15.3 Å². The van der Waals surface area contributed by atoms with Gasteiger partial charge in [-0.3, -0.25) is 4.79 Å². The molecule has 2 aromatic heterocycles. The first-order valence-corrected chi connectivity index (χ1v) is 8.82. The van der Waals surface area contributed by atoms with Crippen molar-refractivity contribution >= 4 is 28.2 Å². The number of ether oxygens (including phenoxy) is 1. The van der Waals surface area contributed by atoms with Crippen LogP contribution in [0.25, 0.3) is 11.4 Å². The van der Waals surface area contributed by atoms with Crippen LogP contribution in [-0.2, 0) is 9.53 Å². The summed E-state index contributed by atoms with van der Waals surface area (Å²) in [5, 5.41) is 2.13. The number of carbonyl (C=O) groups is 1. The van der Waals surface area contributed by atoms with Gasteiger partial charge in [0.25, 0.3) is 0 Å². The molecule has 134 valence electrons. The number of nitrogens with zero attached hydrogens (tertiary/aromatic N) is 3. The van der Waals surface area contributed by atoms with Crippen molar-refractivity contribution in [2.75, 3.05) is 29.9 Å². The van der Waals surface area contributed by atoms with Crippen LogP contribution in [0, 0.1) is 5.13 Å². The summed E-state index contributed by atoms with van der Waals surface area (Å²) < 4.78 is 20.0. The molecule has 1 aliphatic rings. The Bertz CT molecular complexity index is 759. The van der Waals surface area contributed by atoms with Crippen molar-refractivity contribution in [2.24, 2.45) is 5.73 Å². The van der Waals surface area contributed by atoms with E-state index in [0.717, 1.165) is 30.2 Å². The van der Waals surface area contributed by atoms with Gasteiger partial charge < -0.3 is 20.7 Å². The largest absolute Gasteiger partial charge is 0.372 e. The molecule has 0 aromatic carbocycles. The Morgan fingerprint density at radius 1 is 1.40 bits per heavy atom. The smallest absolute Gasteiger partial charge is 0.239 e. The molecule has 2 atom stereocenters. The van der Waals surface area contributed by atoms with Gasteiger partial charge in [-0.25, -0.2) is 9.97 Å². The van der Waals surface area contributed by atoms with E-state index in [2.05, 4.69) is 20.2 Å². The second-order valence-corrected chi connectivity index (χ2v) is 6.89.